The summed E-state index contributed by atoms with van der Waals surface area (Å²) in [6, 6.07) is 0. The van der Waals surface area contributed by atoms with Gasteiger partial charge >= 0.3 is 0 Å². The second kappa shape index (κ2) is 6.11. The van der Waals surface area contributed by atoms with E-state index in [4.69, 9.17) is 0 Å². The average Bonchev–Trinajstić information content (AvgIpc) is 2.66. The SMILES string of the molecule is CC(C)CCC(=O)N(C)CC1CCNC1. The Morgan fingerprint density at radius 3 is 2.80 bits per heavy atom. The van der Waals surface area contributed by atoms with Crippen molar-refractivity contribution in [3.8, 4) is 0 Å². The summed E-state index contributed by atoms with van der Waals surface area (Å²) >= 11 is 0. The van der Waals surface area contributed by atoms with Gasteiger partial charge in [-0.25, -0.2) is 0 Å². The Labute approximate surface area is 93.2 Å². The molecule has 0 aromatic heterocycles. The van der Waals surface area contributed by atoms with Gasteiger partial charge in [0.15, 0.2) is 0 Å². The number of hydrogen-bond donors (Lipinski definition) is 1. The standard InChI is InChI=1S/C12H24N2O/c1-10(2)4-5-12(15)14(3)9-11-6-7-13-8-11/h10-11,13H,4-9H2,1-3H3. The van der Waals surface area contributed by atoms with Crippen molar-refractivity contribution in [3.05, 3.63) is 0 Å². The van der Waals surface area contributed by atoms with Crippen LogP contribution in [0.15, 0.2) is 0 Å². The van der Waals surface area contributed by atoms with Gasteiger partial charge in [-0.05, 0) is 37.8 Å². The quantitative estimate of drug-likeness (QED) is 0.749. The molecule has 1 atom stereocenters. The molecule has 1 saturated heterocycles. The van der Waals surface area contributed by atoms with E-state index >= 15 is 0 Å². The number of hydrogen-bond acceptors (Lipinski definition) is 2. The predicted molar refractivity (Wildman–Crippen MR) is 62.7 cm³/mol. The zero-order valence-electron chi connectivity index (χ0n) is 10.3. The van der Waals surface area contributed by atoms with E-state index in [1.807, 2.05) is 11.9 Å². The maximum Gasteiger partial charge on any atom is 0.222 e. The molecule has 1 aliphatic heterocycles. The lowest BCUT2D eigenvalue weighted by Crippen LogP contribution is -2.32. The van der Waals surface area contributed by atoms with Crippen LogP contribution in [0.5, 0.6) is 0 Å². The van der Waals surface area contributed by atoms with Gasteiger partial charge in [0.2, 0.25) is 5.91 Å². The molecule has 1 heterocycles. The first-order valence-corrected chi connectivity index (χ1v) is 6.04. The third-order valence-corrected chi connectivity index (χ3v) is 3.06. The van der Waals surface area contributed by atoms with E-state index in [-0.39, 0.29) is 0 Å². The summed E-state index contributed by atoms with van der Waals surface area (Å²) in [6.45, 7) is 7.42. The van der Waals surface area contributed by atoms with Gasteiger partial charge < -0.3 is 10.2 Å². The van der Waals surface area contributed by atoms with Crippen LogP contribution >= 0.6 is 0 Å². The Hall–Kier alpha value is -0.570. The number of carbonyl (C=O) groups excluding carboxylic acids is 1. The summed E-state index contributed by atoms with van der Waals surface area (Å²) in [5.41, 5.74) is 0. The van der Waals surface area contributed by atoms with Crippen LogP contribution in [0.1, 0.15) is 33.1 Å². The van der Waals surface area contributed by atoms with Gasteiger partial charge in [-0.3, -0.25) is 4.79 Å². The third-order valence-electron chi connectivity index (χ3n) is 3.06. The second-order valence-corrected chi connectivity index (χ2v) is 5.07. The molecule has 0 bridgehead atoms. The predicted octanol–water partition coefficient (Wildman–Crippen LogP) is 1.49. The molecule has 1 rings (SSSR count). The van der Waals surface area contributed by atoms with Crippen molar-refractivity contribution in [2.45, 2.75) is 33.1 Å². The van der Waals surface area contributed by atoms with Gasteiger partial charge in [-0.1, -0.05) is 13.8 Å². The lowest BCUT2D eigenvalue weighted by atomic mass is 10.1. The van der Waals surface area contributed by atoms with Gasteiger partial charge in [0, 0.05) is 20.0 Å². The summed E-state index contributed by atoms with van der Waals surface area (Å²) < 4.78 is 0. The normalized spacial score (nSPS) is 20.9. The van der Waals surface area contributed by atoms with Crippen LogP contribution in [0.25, 0.3) is 0 Å². The minimum Gasteiger partial charge on any atom is -0.345 e. The number of rotatable bonds is 5. The molecule has 1 aliphatic rings. The fraction of sp³-hybridized carbons (Fsp3) is 0.917. The van der Waals surface area contributed by atoms with Crippen molar-refractivity contribution in [1.82, 2.24) is 10.2 Å². The molecule has 0 aromatic carbocycles. The molecule has 0 aromatic rings. The van der Waals surface area contributed by atoms with Crippen molar-refractivity contribution in [3.63, 3.8) is 0 Å². The maximum absolute atomic E-state index is 11.7. The summed E-state index contributed by atoms with van der Waals surface area (Å²) in [5.74, 6) is 1.59. The highest BCUT2D eigenvalue weighted by atomic mass is 16.2. The highest BCUT2D eigenvalue weighted by molar-refractivity contribution is 5.75. The van der Waals surface area contributed by atoms with Gasteiger partial charge in [-0.15, -0.1) is 0 Å². The molecule has 0 radical (unpaired) electrons. The third kappa shape index (κ3) is 4.65. The molecule has 0 saturated carbocycles. The van der Waals surface area contributed by atoms with Crippen molar-refractivity contribution >= 4 is 5.91 Å². The molecular formula is C12H24N2O. The first kappa shape index (κ1) is 12.5. The van der Waals surface area contributed by atoms with Crippen molar-refractivity contribution in [2.24, 2.45) is 11.8 Å². The molecule has 1 amide bonds. The molecule has 0 aliphatic carbocycles. The van der Waals surface area contributed by atoms with Crippen molar-refractivity contribution in [2.75, 3.05) is 26.7 Å². The Morgan fingerprint density at radius 1 is 1.53 bits per heavy atom. The summed E-state index contributed by atoms with van der Waals surface area (Å²) in [7, 11) is 1.93. The molecule has 88 valence electrons. The first-order valence-electron chi connectivity index (χ1n) is 6.04. The number of nitrogens with zero attached hydrogens (tertiary/aromatic N) is 1. The molecule has 3 nitrogen and oxygen atoms in total. The van der Waals surface area contributed by atoms with Gasteiger partial charge in [-0.2, -0.15) is 0 Å². The van der Waals surface area contributed by atoms with Crippen LogP contribution < -0.4 is 5.32 Å². The number of nitrogens with one attached hydrogen (secondary N) is 1. The number of amides is 1. The summed E-state index contributed by atoms with van der Waals surface area (Å²) in [6.07, 6.45) is 2.92. The average molecular weight is 212 g/mol. The van der Waals surface area contributed by atoms with E-state index in [0.717, 1.165) is 26.1 Å². The molecule has 0 spiro atoms. The summed E-state index contributed by atoms with van der Waals surface area (Å²) in [4.78, 5) is 13.6. The van der Waals surface area contributed by atoms with Gasteiger partial charge in [0.25, 0.3) is 0 Å². The van der Waals surface area contributed by atoms with Crippen LogP contribution in [0.3, 0.4) is 0 Å². The van der Waals surface area contributed by atoms with E-state index in [0.29, 0.717) is 24.2 Å². The molecular weight excluding hydrogens is 188 g/mol. The minimum absolute atomic E-state index is 0.301. The fourth-order valence-corrected chi connectivity index (χ4v) is 1.96. The Balaban J connectivity index is 2.19. The maximum atomic E-state index is 11.7. The second-order valence-electron chi connectivity index (χ2n) is 5.07. The summed E-state index contributed by atoms with van der Waals surface area (Å²) in [5, 5.41) is 3.33. The van der Waals surface area contributed by atoms with Gasteiger partial charge in [0.05, 0.1) is 0 Å². The highest BCUT2D eigenvalue weighted by Crippen LogP contribution is 2.11. The smallest absolute Gasteiger partial charge is 0.222 e. The van der Waals surface area contributed by atoms with Crippen LogP contribution in [-0.4, -0.2) is 37.5 Å². The molecule has 15 heavy (non-hydrogen) atoms. The van der Waals surface area contributed by atoms with Crippen LogP contribution in [0, 0.1) is 11.8 Å². The van der Waals surface area contributed by atoms with Crippen LogP contribution in [0.2, 0.25) is 0 Å². The van der Waals surface area contributed by atoms with Crippen molar-refractivity contribution in [1.29, 1.82) is 0 Å². The molecule has 1 unspecified atom stereocenters. The lowest BCUT2D eigenvalue weighted by molar-refractivity contribution is -0.130. The fourth-order valence-electron chi connectivity index (χ4n) is 1.96. The zero-order chi connectivity index (χ0) is 11.3. The molecule has 1 N–H and O–H groups in total. The van der Waals surface area contributed by atoms with E-state index in [1.165, 1.54) is 6.42 Å². The van der Waals surface area contributed by atoms with Crippen LogP contribution in [-0.2, 0) is 4.79 Å². The topological polar surface area (TPSA) is 32.3 Å². The molecule has 1 fully saturated rings. The highest BCUT2D eigenvalue weighted by Gasteiger charge is 2.18. The van der Waals surface area contributed by atoms with Gasteiger partial charge in [0.1, 0.15) is 0 Å². The largest absolute Gasteiger partial charge is 0.345 e. The van der Waals surface area contributed by atoms with Crippen LogP contribution in [0.4, 0.5) is 0 Å². The van der Waals surface area contributed by atoms with E-state index in [9.17, 15) is 4.79 Å². The van der Waals surface area contributed by atoms with Crippen molar-refractivity contribution < 1.29 is 4.79 Å². The van der Waals surface area contributed by atoms with E-state index in [2.05, 4.69) is 19.2 Å². The number of carbonyl (C=O) groups is 1. The minimum atomic E-state index is 0.301. The zero-order valence-corrected chi connectivity index (χ0v) is 10.3. The first-order chi connectivity index (χ1) is 7.09. The Kier molecular flexibility index (Phi) is 5.09. The monoisotopic (exact) mass is 212 g/mol. The van der Waals surface area contributed by atoms with E-state index in [1.54, 1.807) is 0 Å². The van der Waals surface area contributed by atoms with E-state index < -0.39 is 0 Å². The Morgan fingerprint density at radius 2 is 2.27 bits per heavy atom. The Bertz CT molecular complexity index is 198. The molecule has 3 heteroatoms. The lowest BCUT2D eigenvalue weighted by Gasteiger charge is -2.21.